The summed E-state index contributed by atoms with van der Waals surface area (Å²) >= 11 is 0. The third kappa shape index (κ3) is 1.73. The van der Waals surface area contributed by atoms with Gasteiger partial charge in [0.2, 0.25) is 0 Å². The normalized spacial score (nSPS) is 28.7. The summed E-state index contributed by atoms with van der Waals surface area (Å²) in [6.07, 6.45) is 5.32. The van der Waals surface area contributed by atoms with Gasteiger partial charge in [-0.1, -0.05) is 6.42 Å². The first kappa shape index (κ1) is 11.9. The highest BCUT2D eigenvalue weighted by molar-refractivity contribution is 5.95. The van der Waals surface area contributed by atoms with E-state index < -0.39 is 0 Å². The third-order valence-corrected chi connectivity index (χ3v) is 4.79. The summed E-state index contributed by atoms with van der Waals surface area (Å²) in [7, 11) is 0. The van der Waals surface area contributed by atoms with E-state index >= 15 is 0 Å². The minimum Gasteiger partial charge on any atom is -0.360 e. The van der Waals surface area contributed by atoms with Gasteiger partial charge in [-0.2, -0.15) is 0 Å². The van der Waals surface area contributed by atoms with E-state index in [1.54, 1.807) is 6.07 Å². The van der Waals surface area contributed by atoms with Crippen molar-refractivity contribution in [2.45, 2.75) is 24.8 Å². The second-order valence-electron chi connectivity index (χ2n) is 5.94. The van der Waals surface area contributed by atoms with E-state index in [0.29, 0.717) is 11.6 Å². The standard InChI is InChI=1S/C15H18N4O/c20-14(13-4-3-11-12(18-13)5-7-17-11)19-15-6-1-2-10(15)8-16-9-15/h3-5,7,10,16-17H,1-2,6,8-9H2,(H,19,20)/t10-,15-/m0/s1. The molecule has 2 aliphatic rings. The van der Waals surface area contributed by atoms with Gasteiger partial charge in [0.1, 0.15) is 5.69 Å². The van der Waals surface area contributed by atoms with Crippen LogP contribution in [0.4, 0.5) is 0 Å². The van der Waals surface area contributed by atoms with Crippen LogP contribution in [-0.4, -0.2) is 34.5 Å². The summed E-state index contributed by atoms with van der Waals surface area (Å²) in [5.41, 5.74) is 2.25. The molecule has 4 rings (SSSR count). The Labute approximate surface area is 117 Å². The largest absolute Gasteiger partial charge is 0.360 e. The zero-order valence-corrected chi connectivity index (χ0v) is 11.3. The maximum Gasteiger partial charge on any atom is 0.270 e. The topological polar surface area (TPSA) is 69.8 Å². The Hall–Kier alpha value is -1.88. The molecule has 2 atom stereocenters. The fraction of sp³-hybridized carbons (Fsp3) is 0.467. The lowest BCUT2D eigenvalue weighted by Crippen LogP contribution is -2.51. The Balaban J connectivity index is 1.60. The molecule has 1 aliphatic heterocycles. The number of pyridine rings is 1. The molecule has 1 amide bonds. The molecule has 20 heavy (non-hydrogen) atoms. The lowest BCUT2D eigenvalue weighted by molar-refractivity contribution is 0.0889. The summed E-state index contributed by atoms with van der Waals surface area (Å²) in [6.45, 7) is 1.90. The zero-order valence-electron chi connectivity index (χ0n) is 11.3. The Morgan fingerprint density at radius 1 is 1.40 bits per heavy atom. The van der Waals surface area contributed by atoms with Crippen LogP contribution in [0.2, 0.25) is 0 Å². The maximum atomic E-state index is 12.5. The van der Waals surface area contributed by atoms with Gasteiger partial charge in [-0.3, -0.25) is 4.79 Å². The summed E-state index contributed by atoms with van der Waals surface area (Å²) in [5, 5.41) is 6.66. The Morgan fingerprint density at radius 3 is 3.30 bits per heavy atom. The van der Waals surface area contributed by atoms with Crippen molar-refractivity contribution in [1.29, 1.82) is 0 Å². The molecule has 0 aromatic carbocycles. The first-order valence-electron chi connectivity index (χ1n) is 7.24. The number of rotatable bonds is 2. The molecule has 0 bridgehead atoms. The van der Waals surface area contributed by atoms with Crippen molar-refractivity contribution in [2.24, 2.45) is 5.92 Å². The van der Waals surface area contributed by atoms with E-state index in [-0.39, 0.29) is 11.4 Å². The van der Waals surface area contributed by atoms with Gasteiger partial charge >= 0.3 is 0 Å². The molecule has 0 radical (unpaired) electrons. The number of hydrogen-bond acceptors (Lipinski definition) is 3. The van der Waals surface area contributed by atoms with Gasteiger partial charge in [-0.05, 0) is 37.0 Å². The summed E-state index contributed by atoms with van der Waals surface area (Å²) in [6, 6.07) is 5.59. The van der Waals surface area contributed by atoms with Gasteiger partial charge in [-0.25, -0.2) is 4.98 Å². The number of H-pyrrole nitrogens is 1. The molecule has 1 saturated heterocycles. The SMILES string of the molecule is O=C(N[C@]12CCC[C@H]1CNC2)c1ccc2[nH]ccc2n1. The monoisotopic (exact) mass is 270 g/mol. The van der Waals surface area contributed by atoms with Crippen LogP contribution >= 0.6 is 0 Å². The van der Waals surface area contributed by atoms with Crippen LogP contribution in [0.5, 0.6) is 0 Å². The molecule has 0 unspecified atom stereocenters. The molecular weight excluding hydrogens is 252 g/mol. The van der Waals surface area contributed by atoms with Crippen molar-refractivity contribution in [1.82, 2.24) is 20.6 Å². The van der Waals surface area contributed by atoms with Crippen LogP contribution < -0.4 is 10.6 Å². The Bertz CT molecular complexity index is 653. The van der Waals surface area contributed by atoms with E-state index in [4.69, 9.17) is 0 Å². The van der Waals surface area contributed by atoms with Crippen molar-refractivity contribution < 1.29 is 4.79 Å². The summed E-state index contributed by atoms with van der Waals surface area (Å²) in [4.78, 5) is 20.0. The maximum absolute atomic E-state index is 12.5. The number of nitrogens with one attached hydrogen (secondary N) is 3. The van der Waals surface area contributed by atoms with Crippen LogP contribution in [0.1, 0.15) is 29.8 Å². The van der Waals surface area contributed by atoms with Crippen LogP contribution in [0.15, 0.2) is 24.4 Å². The van der Waals surface area contributed by atoms with Gasteiger partial charge in [0.15, 0.2) is 0 Å². The Kier molecular flexibility index (Phi) is 2.57. The molecule has 3 N–H and O–H groups in total. The van der Waals surface area contributed by atoms with E-state index in [2.05, 4.69) is 20.6 Å². The fourth-order valence-corrected chi connectivity index (χ4v) is 3.70. The number of amides is 1. The summed E-state index contributed by atoms with van der Waals surface area (Å²) < 4.78 is 0. The van der Waals surface area contributed by atoms with Crippen molar-refractivity contribution >= 4 is 16.9 Å². The highest BCUT2D eigenvalue weighted by Crippen LogP contribution is 2.38. The van der Waals surface area contributed by atoms with E-state index in [1.165, 1.54) is 12.8 Å². The molecule has 5 nitrogen and oxygen atoms in total. The molecule has 1 saturated carbocycles. The molecule has 5 heteroatoms. The average Bonchev–Trinajstić information content (AvgIpc) is 3.10. The second-order valence-corrected chi connectivity index (χ2v) is 5.94. The number of aromatic nitrogens is 2. The number of carbonyl (C=O) groups is 1. The lowest BCUT2D eigenvalue weighted by atomic mass is 9.90. The minimum absolute atomic E-state index is 0.0497. The first-order chi connectivity index (χ1) is 9.77. The molecular formula is C15H18N4O. The quantitative estimate of drug-likeness (QED) is 0.773. The van der Waals surface area contributed by atoms with E-state index in [9.17, 15) is 4.79 Å². The van der Waals surface area contributed by atoms with Crippen LogP contribution in [0.3, 0.4) is 0 Å². The molecule has 2 fully saturated rings. The van der Waals surface area contributed by atoms with Gasteiger partial charge in [0.25, 0.3) is 5.91 Å². The smallest absolute Gasteiger partial charge is 0.270 e. The predicted molar refractivity (Wildman–Crippen MR) is 76.5 cm³/mol. The number of nitrogens with zero attached hydrogens (tertiary/aromatic N) is 1. The van der Waals surface area contributed by atoms with Gasteiger partial charge < -0.3 is 15.6 Å². The fourth-order valence-electron chi connectivity index (χ4n) is 3.70. The number of aromatic amines is 1. The highest BCUT2D eigenvalue weighted by atomic mass is 16.2. The van der Waals surface area contributed by atoms with E-state index in [0.717, 1.165) is 30.5 Å². The van der Waals surface area contributed by atoms with Crippen molar-refractivity contribution in [3.63, 3.8) is 0 Å². The number of carbonyl (C=O) groups excluding carboxylic acids is 1. The molecule has 2 aromatic rings. The van der Waals surface area contributed by atoms with Crippen LogP contribution in [0, 0.1) is 5.92 Å². The van der Waals surface area contributed by atoms with Crippen LogP contribution in [0.25, 0.3) is 11.0 Å². The molecule has 0 spiro atoms. The van der Waals surface area contributed by atoms with Gasteiger partial charge in [0.05, 0.1) is 16.6 Å². The highest BCUT2D eigenvalue weighted by Gasteiger charge is 2.47. The molecule has 1 aliphatic carbocycles. The van der Waals surface area contributed by atoms with Crippen LogP contribution in [-0.2, 0) is 0 Å². The molecule has 2 aromatic heterocycles. The van der Waals surface area contributed by atoms with Crippen molar-refractivity contribution in [3.8, 4) is 0 Å². The third-order valence-electron chi connectivity index (χ3n) is 4.79. The Morgan fingerprint density at radius 2 is 2.35 bits per heavy atom. The first-order valence-corrected chi connectivity index (χ1v) is 7.24. The van der Waals surface area contributed by atoms with Gasteiger partial charge in [0, 0.05) is 19.3 Å². The molecule has 104 valence electrons. The van der Waals surface area contributed by atoms with Crippen molar-refractivity contribution in [2.75, 3.05) is 13.1 Å². The minimum atomic E-state index is -0.0521. The molecule has 3 heterocycles. The number of hydrogen-bond donors (Lipinski definition) is 3. The predicted octanol–water partition coefficient (Wildman–Crippen LogP) is 1.43. The van der Waals surface area contributed by atoms with E-state index in [1.807, 2.05) is 18.3 Å². The summed E-state index contributed by atoms with van der Waals surface area (Å²) in [5.74, 6) is 0.520. The zero-order chi connectivity index (χ0) is 13.6. The average molecular weight is 270 g/mol. The lowest BCUT2D eigenvalue weighted by Gasteiger charge is -2.29. The second kappa shape index (κ2) is 4.31. The van der Waals surface area contributed by atoms with Gasteiger partial charge in [-0.15, -0.1) is 0 Å². The number of fused-ring (bicyclic) bond motifs is 2. The van der Waals surface area contributed by atoms with Crippen molar-refractivity contribution in [3.05, 3.63) is 30.1 Å².